The van der Waals surface area contributed by atoms with E-state index in [0.29, 0.717) is 6.42 Å². The Morgan fingerprint density at radius 1 is 0.806 bits per heavy atom. The minimum absolute atomic E-state index is 0.119. The van der Waals surface area contributed by atoms with Crippen LogP contribution >= 0.6 is 0 Å². The van der Waals surface area contributed by atoms with Gasteiger partial charge in [-0.15, -0.1) is 0 Å². The normalized spacial score (nSPS) is 10.5. The largest absolute Gasteiger partial charge is 0.423 e. The van der Waals surface area contributed by atoms with Gasteiger partial charge in [0.25, 0.3) is 5.69 Å². The molecule has 0 saturated heterocycles. The molecule has 0 atom stereocenters. The number of unbranched alkanes of at least 4 members (excludes halogenated alkanes) is 7. The third-order valence-electron chi connectivity index (χ3n) is 4.82. The average Bonchev–Trinajstić information content (AvgIpc) is 2.77. The molecular weight excluding hydrogens is 398 g/mol. The lowest BCUT2D eigenvalue weighted by Gasteiger charge is -2.10. The maximum atomic E-state index is 12.3. The number of rotatable bonds is 13. The van der Waals surface area contributed by atoms with Gasteiger partial charge in [-0.2, -0.15) is 0 Å². The van der Waals surface area contributed by atoms with E-state index in [-0.39, 0.29) is 28.7 Å². The summed E-state index contributed by atoms with van der Waals surface area (Å²) in [6.07, 6.45) is 9.38. The third kappa shape index (κ3) is 8.58. The van der Waals surface area contributed by atoms with Crippen molar-refractivity contribution >= 4 is 17.6 Å². The predicted molar refractivity (Wildman–Crippen MR) is 117 cm³/mol. The number of esters is 2. The Hall–Kier alpha value is -3.22. The molecule has 0 fully saturated rings. The van der Waals surface area contributed by atoms with Crippen LogP contribution in [0.2, 0.25) is 0 Å². The predicted octanol–water partition coefficient (Wildman–Crippen LogP) is 6.25. The second-order valence-corrected chi connectivity index (χ2v) is 7.34. The smallest absolute Gasteiger partial charge is 0.343 e. The monoisotopic (exact) mass is 427 g/mol. The number of nitro groups is 1. The minimum atomic E-state index is -0.693. The highest BCUT2D eigenvalue weighted by Gasteiger charge is 2.16. The summed E-state index contributed by atoms with van der Waals surface area (Å²) in [6, 6.07) is 11.5. The van der Waals surface area contributed by atoms with Crippen molar-refractivity contribution in [1.82, 2.24) is 0 Å². The van der Waals surface area contributed by atoms with Crippen molar-refractivity contribution in [3.8, 4) is 11.5 Å². The molecule has 0 unspecified atom stereocenters. The number of ether oxygens (including phenoxy) is 2. The molecule has 0 radical (unpaired) electrons. The molecule has 0 aliphatic carbocycles. The molecule has 31 heavy (non-hydrogen) atoms. The fourth-order valence-corrected chi connectivity index (χ4v) is 3.07. The van der Waals surface area contributed by atoms with Gasteiger partial charge in [0, 0.05) is 18.6 Å². The van der Waals surface area contributed by atoms with Gasteiger partial charge in [-0.1, -0.05) is 64.0 Å². The summed E-state index contributed by atoms with van der Waals surface area (Å²) in [5.74, 6) is -0.774. The van der Waals surface area contributed by atoms with Crippen molar-refractivity contribution in [3.63, 3.8) is 0 Å². The molecule has 2 aromatic rings. The number of carbonyl (C=O) groups excluding carboxylic acids is 2. The molecule has 0 aliphatic rings. The number of non-ortho nitro benzene ring substituents is 1. The van der Waals surface area contributed by atoms with Crippen molar-refractivity contribution < 1.29 is 24.0 Å². The summed E-state index contributed by atoms with van der Waals surface area (Å²) >= 11 is 0. The SMILES string of the molecule is CCCCCCCCCCC(=O)Oc1ccccc1OC(=O)c1ccc([N+](=O)[O-])cc1. The van der Waals surface area contributed by atoms with Crippen LogP contribution in [0, 0.1) is 10.1 Å². The lowest BCUT2D eigenvalue weighted by Crippen LogP contribution is -2.12. The average molecular weight is 427 g/mol. The van der Waals surface area contributed by atoms with Crippen LogP contribution in [0.15, 0.2) is 48.5 Å². The Morgan fingerprint density at radius 3 is 1.94 bits per heavy atom. The number of carbonyl (C=O) groups is 2. The van der Waals surface area contributed by atoms with Gasteiger partial charge in [-0.05, 0) is 30.7 Å². The number of nitro benzene ring substituents is 1. The van der Waals surface area contributed by atoms with E-state index in [2.05, 4.69) is 6.92 Å². The summed E-state index contributed by atoms with van der Waals surface area (Å²) < 4.78 is 10.7. The van der Waals surface area contributed by atoms with Crippen LogP contribution in [-0.4, -0.2) is 16.9 Å². The van der Waals surface area contributed by atoms with E-state index in [0.717, 1.165) is 19.3 Å². The topological polar surface area (TPSA) is 95.7 Å². The first-order valence-corrected chi connectivity index (χ1v) is 10.8. The summed E-state index contributed by atoms with van der Waals surface area (Å²) in [7, 11) is 0. The molecular formula is C24H29NO6. The molecule has 0 heterocycles. The minimum Gasteiger partial charge on any atom is -0.423 e. The van der Waals surface area contributed by atoms with E-state index >= 15 is 0 Å². The fraction of sp³-hybridized carbons (Fsp3) is 0.417. The molecule has 0 N–H and O–H groups in total. The zero-order valence-corrected chi connectivity index (χ0v) is 17.9. The first-order valence-electron chi connectivity index (χ1n) is 10.8. The standard InChI is InChI=1S/C24H29NO6/c1-2-3-4-5-6-7-8-9-14-23(26)30-21-12-10-11-13-22(21)31-24(27)19-15-17-20(18-16-19)25(28)29/h10-13,15-18H,2-9,14H2,1H3. The van der Waals surface area contributed by atoms with Gasteiger partial charge < -0.3 is 9.47 Å². The van der Waals surface area contributed by atoms with Gasteiger partial charge in [0.05, 0.1) is 10.5 Å². The quantitative estimate of drug-likeness (QED) is 0.123. The number of hydrogen-bond donors (Lipinski definition) is 0. The molecule has 0 bridgehead atoms. The van der Waals surface area contributed by atoms with Crippen molar-refractivity contribution in [1.29, 1.82) is 0 Å². The lowest BCUT2D eigenvalue weighted by atomic mass is 10.1. The molecule has 0 aliphatic heterocycles. The van der Waals surface area contributed by atoms with Gasteiger partial charge >= 0.3 is 11.9 Å². The van der Waals surface area contributed by atoms with E-state index in [1.807, 2.05) is 0 Å². The van der Waals surface area contributed by atoms with Crippen LogP contribution < -0.4 is 9.47 Å². The Bertz CT molecular complexity index is 863. The van der Waals surface area contributed by atoms with Crippen molar-refractivity contribution in [2.24, 2.45) is 0 Å². The number of benzene rings is 2. The zero-order valence-electron chi connectivity index (χ0n) is 17.9. The van der Waals surface area contributed by atoms with Crippen LogP contribution in [0.25, 0.3) is 0 Å². The zero-order chi connectivity index (χ0) is 22.5. The third-order valence-corrected chi connectivity index (χ3v) is 4.82. The lowest BCUT2D eigenvalue weighted by molar-refractivity contribution is -0.384. The fourth-order valence-electron chi connectivity index (χ4n) is 3.07. The Kier molecular flexibility index (Phi) is 10.2. The highest BCUT2D eigenvalue weighted by Crippen LogP contribution is 2.28. The maximum absolute atomic E-state index is 12.3. The van der Waals surface area contributed by atoms with Crippen LogP contribution in [0.3, 0.4) is 0 Å². The Labute approximate surface area is 182 Å². The number of para-hydroxylation sites is 2. The Balaban J connectivity index is 1.82. The van der Waals surface area contributed by atoms with Gasteiger partial charge in [-0.3, -0.25) is 14.9 Å². The molecule has 0 spiro atoms. The van der Waals surface area contributed by atoms with E-state index < -0.39 is 10.9 Å². The van der Waals surface area contributed by atoms with Crippen molar-refractivity contribution in [2.45, 2.75) is 64.7 Å². The molecule has 2 rings (SSSR count). The summed E-state index contributed by atoms with van der Waals surface area (Å²) in [6.45, 7) is 2.19. The number of nitrogens with zero attached hydrogens (tertiary/aromatic N) is 1. The summed E-state index contributed by atoms with van der Waals surface area (Å²) in [5.41, 5.74) is 0.0394. The van der Waals surface area contributed by atoms with Gasteiger partial charge in [0.2, 0.25) is 0 Å². The van der Waals surface area contributed by atoms with Crippen molar-refractivity contribution in [3.05, 3.63) is 64.2 Å². The van der Waals surface area contributed by atoms with E-state index in [1.165, 1.54) is 62.4 Å². The maximum Gasteiger partial charge on any atom is 0.343 e. The van der Waals surface area contributed by atoms with E-state index in [1.54, 1.807) is 18.2 Å². The van der Waals surface area contributed by atoms with Crippen LogP contribution in [0.1, 0.15) is 75.1 Å². The molecule has 0 saturated carbocycles. The van der Waals surface area contributed by atoms with Gasteiger partial charge in [-0.25, -0.2) is 4.79 Å². The van der Waals surface area contributed by atoms with Crippen LogP contribution in [0.5, 0.6) is 11.5 Å². The molecule has 7 nitrogen and oxygen atoms in total. The van der Waals surface area contributed by atoms with Crippen LogP contribution in [0.4, 0.5) is 5.69 Å². The summed E-state index contributed by atoms with van der Waals surface area (Å²) in [5, 5.41) is 10.7. The summed E-state index contributed by atoms with van der Waals surface area (Å²) in [4.78, 5) is 34.7. The van der Waals surface area contributed by atoms with Gasteiger partial charge in [0.1, 0.15) is 0 Å². The molecule has 166 valence electrons. The number of hydrogen-bond acceptors (Lipinski definition) is 6. The molecule has 0 aromatic heterocycles. The van der Waals surface area contributed by atoms with Crippen molar-refractivity contribution in [2.75, 3.05) is 0 Å². The Morgan fingerprint density at radius 2 is 1.35 bits per heavy atom. The van der Waals surface area contributed by atoms with E-state index in [4.69, 9.17) is 9.47 Å². The molecule has 2 aromatic carbocycles. The highest BCUT2D eigenvalue weighted by molar-refractivity contribution is 5.91. The first-order chi connectivity index (χ1) is 15.0. The second kappa shape index (κ2) is 13.2. The second-order valence-electron chi connectivity index (χ2n) is 7.34. The highest BCUT2D eigenvalue weighted by atomic mass is 16.6. The van der Waals surface area contributed by atoms with Crippen LogP contribution in [-0.2, 0) is 4.79 Å². The van der Waals surface area contributed by atoms with E-state index in [9.17, 15) is 19.7 Å². The first kappa shape index (κ1) is 24.1. The molecule has 0 amide bonds. The molecule has 7 heteroatoms. The van der Waals surface area contributed by atoms with Gasteiger partial charge in [0.15, 0.2) is 11.5 Å².